The Morgan fingerprint density at radius 1 is 1.33 bits per heavy atom. The Morgan fingerprint density at radius 2 is 2.14 bits per heavy atom. The second kappa shape index (κ2) is 4.67. The molecule has 112 valence electrons. The van der Waals surface area contributed by atoms with E-state index in [-0.39, 0.29) is 5.82 Å². The molecule has 2 aliphatic carbocycles. The minimum Gasteiger partial charge on any atom is -0.330 e. The molecule has 4 unspecified atom stereocenters. The summed E-state index contributed by atoms with van der Waals surface area (Å²) in [5.74, 6) is 2.35. The molecule has 1 aromatic carbocycles. The average Bonchev–Trinajstić information content (AvgIpc) is 3.12. The van der Waals surface area contributed by atoms with Crippen molar-refractivity contribution in [2.75, 3.05) is 0 Å². The van der Waals surface area contributed by atoms with Crippen molar-refractivity contribution in [1.29, 1.82) is 0 Å². The summed E-state index contributed by atoms with van der Waals surface area (Å²) in [4.78, 5) is 3.18. The topological polar surface area (TPSA) is 20.7 Å². The summed E-state index contributed by atoms with van der Waals surface area (Å²) in [6.07, 6.45) is 5.53. The molecule has 1 heterocycles. The van der Waals surface area contributed by atoms with Crippen molar-refractivity contribution in [3.05, 3.63) is 28.3 Å². The van der Waals surface area contributed by atoms with Crippen molar-refractivity contribution in [3.8, 4) is 0 Å². The molecule has 0 amide bonds. The molecule has 21 heavy (non-hydrogen) atoms. The number of halogens is 1. The van der Waals surface area contributed by atoms with E-state index in [1.54, 1.807) is 6.07 Å². The number of aryl methyl sites for hydroxylation is 1. The number of nitrogens with one attached hydrogen (secondary N) is 1. The van der Waals surface area contributed by atoms with Gasteiger partial charge in [-0.2, -0.15) is 0 Å². The first kappa shape index (κ1) is 13.5. The molecule has 2 nitrogen and oxygen atoms in total. The molecule has 2 bridgehead atoms. The van der Waals surface area contributed by atoms with Crippen LogP contribution in [0.2, 0.25) is 0 Å². The molecule has 4 heteroatoms. The lowest BCUT2D eigenvalue weighted by Gasteiger charge is -2.29. The van der Waals surface area contributed by atoms with Crippen molar-refractivity contribution in [1.82, 2.24) is 9.55 Å². The Hall–Kier alpha value is -1.16. The molecule has 2 aromatic rings. The van der Waals surface area contributed by atoms with Crippen LogP contribution in [0.1, 0.15) is 44.2 Å². The first-order valence-corrected chi connectivity index (χ1v) is 8.35. The number of aromatic nitrogens is 2. The fourth-order valence-electron chi connectivity index (χ4n) is 4.73. The normalized spacial score (nSPS) is 29.4. The van der Waals surface area contributed by atoms with Crippen LogP contribution >= 0.6 is 12.2 Å². The van der Waals surface area contributed by atoms with Crippen LogP contribution in [0.5, 0.6) is 0 Å². The molecule has 2 saturated carbocycles. The third kappa shape index (κ3) is 1.99. The lowest BCUT2D eigenvalue weighted by atomic mass is 9.84. The highest BCUT2D eigenvalue weighted by atomic mass is 32.1. The van der Waals surface area contributed by atoms with Gasteiger partial charge in [0.1, 0.15) is 5.82 Å². The zero-order valence-electron chi connectivity index (χ0n) is 12.5. The predicted octanol–water partition coefficient (Wildman–Crippen LogP) is 5.14. The molecule has 1 N–H and O–H groups in total. The zero-order valence-corrected chi connectivity index (χ0v) is 13.3. The lowest BCUT2D eigenvalue weighted by molar-refractivity contribution is 0.245. The molecular formula is C17H21FN2S. The van der Waals surface area contributed by atoms with E-state index in [4.69, 9.17) is 12.2 Å². The number of nitrogens with zero attached hydrogens (tertiary/aromatic N) is 1. The maximum Gasteiger partial charge on any atom is 0.178 e. The number of aromatic amines is 1. The van der Waals surface area contributed by atoms with E-state index in [9.17, 15) is 4.39 Å². The van der Waals surface area contributed by atoms with E-state index in [1.807, 2.05) is 13.0 Å². The van der Waals surface area contributed by atoms with Crippen LogP contribution in [-0.4, -0.2) is 9.55 Å². The van der Waals surface area contributed by atoms with Gasteiger partial charge in [-0.1, -0.05) is 6.42 Å². The van der Waals surface area contributed by atoms with Gasteiger partial charge < -0.3 is 9.55 Å². The van der Waals surface area contributed by atoms with E-state index in [0.717, 1.165) is 33.6 Å². The molecule has 1 aromatic heterocycles. The van der Waals surface area contributed by atoms with Gasteiger partial charge in [0.2, 0.25) is 0 Å². The minimum atomic E-state index is -0.168. The molecule has 2 aliphatic rings. The summed E-state index contributed by atoms with van der Waals surface area (Å²) < 4.78 is 16.7. The molecule has 0 radical (unpaired) electrons. The average molecular weight is 304 g/mol. The van der Waals surface area contributed by atoms with Gasteiger partial charge in [-0.25, -0.2) is 4.39 Å². The van der Waals surface area contributed by atoms with E-state index in [0.29, 0.717) is 11.6 Å². The van der Waals surface area contributed by atoms with E-state index >= 15 is 0 Å². The van der Waals surface area contributed by atoms with Crippen molar-refractivity contribution >= 4 is 23.3 Å². The van der Waals surface area contributed by atoms with Crippen LogP contribution in [-0.2, 0) is 0 Å². The largest absolute Gasteiger partial charge is 0.330 e. The van der Waals surface area contributed by atoms with E-state index < -0.39 is 0 Å². The van der Waals surface area contributed by atoms with Gasteiger partial charge in [0.15, 0.2) is 4.77 Å². The van der Waals surface area contributed by atoms with Gasteiger partial charge in [-0.05, 0) is 80.8 Å². The second-order valence-electron chi connectivity index (χ2n) is 7.00. The Bertz CT molecular complexity index is 760. The standard InChI is InChI=1S/C17H21FN2S/c1-9-5-16-15(8-14(9)18)19-17(21)20(16)10(2)13-7-11-3-4-12(13)6-11/h5,8,10-13H,3-4,6-7H2,1-2H3,(H,19,21). The maximum atomic E-state index is 13.8. The van der Waals surface area contributed by atoms with Crippen LogP contribution in [0.15, 0.2) is 12.1 Å². The Kier molecular flexibility index (Phi) is 3.00. The van der Waals surface area contributed by atoms with E-state index in [2.05, 4.69) is 16.5 Å². The highest BCUT2D eigenvalue weighted by Gasteiger charge is 2.42. The number of hydrogen-bond acceptors (Lipinski definition) is 1. The first-order chi connectivity index (χ1) is 10.0. The Labute approximate surface area is 129 Å². The van der Waals surface area contributed by atoms with Crippen LogP contribution in [0.25, 0.3) is 11.0 Å². The maximum absolute atomic E-state index is 13.8. The number of imidazole rings is 1. The summed E-state index contributed by atoms with van der Waals surface area (Å²) in [6, 6.07) is 3.90. The van der Waals surface area contributed by atoms with Gasteiger partial charge in [0, 0.05) is 6.04 Å². The Morgan fingerprint density at radius 3 is 2.81 bits per heavy atom. The van der Waals surface area contributed by atoms with Gasteiger partial charge in [0.05, 0.1) is 11.0 Å². The minimum absolute atomic E-state index is 0.168. The van der Waals surface area contributed by atoms with Crippen LogP contribution in [0.4, 0.5) is 4.39 Å². The number of rotatable bonds is 2. The van der Waals surface area contributed by atoms with Crippen molar-refractivity contribution in [3.63, 3.8) is 0 Å². The fourth-order valence-corrected chi connectivity index (χ4v) is 5.11. The number of benzene rings is 1. The summed E-state index contributed by atoms with van der Waals surface area (Å²) in [7, 11) is 0. The first-order valence-electron chi connectivity index (χ1n) is 7.95. The summed E-state index contributed by atoms with van der Waals surface area (Å²) in [5, 5.41) is 0. The van der Waals surface area contributed by atoms with Crippen molar-refractivity contribution < 1.29 is 4.39 Å². The van der Waals surface area contributed by atoms with Crippen molar-refractivity contribution in [2.45, 2.75) is 45.6 Å². The second-order valence-corrected chi connectivity index (χ2v) is 7.38. The smallest absolute Gasteiger partial charge is 0.178 e. The third-order valence-electron chi connectivity index (χ3n) is 5.82. The summed E-state index contributed by atoms with van der Waals surface area (Å²) >= 11 is 5.52. The van der Waals surface area contributed by atoms with E-state index in [1.165, 1.54) is 25.7 Å². The molecule has 0 aliphatic heterocycles. The number of H-pyrrole nitrogens is 1. The summed E-state index contributed by atoms with van der Waals surface area (Å²) in [6.45, 7) is 4.10. The van der Waals surface area contributed by atoms with Gasteiger partial charge in [0.25, 0.3) is 0 Å². The molecular weight excluding hydrogens is 283 g/mol. The fraction of sp³-hybridized carbons (Fsp3) is 0.588. The zero-order chi connectivity index (χ0) is 14.7. The van der Waals surface area contributed by atoms with Gasteiger partial charge >= 0.3 is 0 Å². The summed E-state index contributed by atoms with van der Waals surface area (Å²) in [5.41, 5.74) is 2.55. The van der Waals surface area contributed by atoms with Gasteiger partial charge in [-0.3, -0.25) is 0 Å². The predicted molar refractivity (Wildman–Crippen MR) is 85.5 cm³/mol. The van der Waals surface area contributed by atoms with Crippen molar-refractivity contribution in [2.24, 2.45) is 17.8 Å². The molecule has 4 rings (SSSR count). The Balaban J connectivity index is 1.80. The van der Waals surface area contributed by atoms with Crippen LogP contribution in [0, 0.1) is 35.3 Å². The third-order valence-corrected chi connectivity index (χ3v) is 6.12. The number of hydrogen-bond donors (Lipinski definition) is 1. The van der Waals surface area contributed by atoms with Gasteiger partial charge in [-0.15, -0.1) is 0 Å². The highest BCUT2D eigenvalue weighted by Crippen LogP contribution is 2.52. The van der Waals surface area contributed by atoms with Crippen LogP contribution in [0.3, 0.4) is 0 Å². The van der Waals surface area contributed by atoms with Crippen LogP contribution < -0.4 is 0 Å². The SMILES string of the molecule is Cc1cc2c(cc1F)[nH]c(=S)n2C(C)C1CC2CCC1C2. The lowest BCUT2D eigenvalue weighted by Crippen LogP contribution is -2.22. The monoisotopic (exact) mass is 304 g/mol. The molecule has 2 fully saturated rings. The highest BCUT2D eigenvalue weighted by molar-refractivity contribution is 7.71. The number of fused-ring (bicyclic) bond motifs is 3. The quantitative estimate of drug-likeness (QED) is 0.762. The molecule has 0 spiro atoms. The molecule has 4 atom stereocenters. The molecule has 0 saturated heterocycles.